The Kier molecular flexibility index (Phi) is 4.89. The predicted octanol–water partition coefficient (Wildman–Crippen LogP) is 3.29. The number of carboxylic acid groups (broad SMARTS) is 1. The number of thioether (sulfide) groups is 1. The molecule has 1 unspecified atom stereocenters. The summed E-state index contributed by atoms with van der Waals surface area (Å²) in [6.45, 7) is 1.55. The molecule has 100 valence electrons. The number of ether oxygens (including phenoxy) is 1. The number of aliphatic carboxylic acids is 1. The molecule has 0 radical (unpaired) electrons. The molecule has 0 spiro atoms. The van der Waals surface area contributed by atoms with Gasteiger partial charge in [0.05, 0.1) is 5.25 Å². The highest BCUT2D eigenvalue weighted by Gasteiger charge is 2.30. The summed E-state index contributed by atoms with van der Waals surface area (Å²) < 4.78 is 39.4. The van der Waals surface area contributed by atoms with Gasteiger partial charge in [-0.1, -0.05) is 12.1 Å². The van der Waals surface area contributed by atoms with Crippen molar-refractivity contribution in [3.05, 3.63) is 29.8 Å². The highest BCUT2D eigenvalue weighted by Crippen LogP contribution is 2.24. The third-order valence-corrected chi connectivity index (χ3v) is 3.21. The van der Waals surface area contributed by atoms with Crippen LogP contribution in [0.1, 0.15) is 12.5 Å². The van der Waals surface area contributed by atoms with Gasteiger partial charge in [-0.2, -0.15) is 0 Å². The summed E-state index contributed by atoms with van der Waals surface area (Å²) in [5, 5.41) is 8.11. The van der Waals surface area contributed by atoms with E-state index in [1.165, 1.54) is 36.0 Å². The second kappa shape index (κ2) is 5.99. The maximum absolute atomic E-state index is 11.9. The van der Waals surface area contributed by atoms with Crippen molar-refractivity contribution >= 4 is 17.7 Å². The second-order valence-electron chi connectivity index (χ2n) is 3.48. The zero-order valence-corrected chi connectivity index (χ0v) is 10.2. The second-order valence-corrected chi connectivity index (χ2v) is 4.81. The first-order chi connectivity index (χ1) is 8.28. The number of halogens is 3. The first-order valence-electron chi connectivity index (χ1n) is 4.97. The standard InChI is InChI=1S/C11H11F3O3S/c1-7(10(15)16)18-6-8-2-4-9(5-3-8)17-11(12,13)14/h2-5,7H,6H2,1H3,(H,15,16). The van der Waals surface area contributed by atoms with Gasteiger partial charge in [0, 0.05) is 5.75 Å². The molecule has 0 aliphatic carbocycles. The van der Waals surface area contributed by atoms with Crippen LogP contribution >= 0.6 is 11.8 Å². The Morgan fingerprint density at radius 3 is 2.39 bits per heavy atom. The van der Waals surface area contributed by atoms with Gasteiger partial charge in [-0.3, -0.25) is 4.79 Å². The monoisotopic (exact) mass is 280 g/mol. The lowest BCUT2D eigenvalue weighted by atomic mass is 10.2. The smallest absolute Gasteiger partial charge is 0.480 e. The average molecular weight is 280 g/mol. The van der Waals surface area contributed by atoms with Gasteiger partial charge in [-0.05, 0) is 24.6 Å². The predicted molar refractivity (Wildman–Crippen MR) is 61.5 cm³/mol. The topological polar surface area (TPSA) is 46.5 Å². The third kappa shape index (κ3) is 5.31. The molecule has 0 saturated heterocycles. The molecule has 0 amide bonds. The molecule has 0 saturated carbocycles. The molecule has 1 rings (SSSR count). The quantitative estimate of drug-likeness (QED) is 0.899. The first kappa shape index (κ1) is 14.7. The molecule has 7 heteroatoms. The van der Waals surface area contributed by atoms with Crippen molar-refractivity contribution in [2.75, 3.05) is 0 Å². The fourth-order valence-corrected chi connectivity index (χ4v) is 1.86. The van der Waals surface area contributed by atoms with Crippen LogP contribution in [0.4, 0.5) is 13.2 Å². The number of hydrogen-bond donors (Lipinski definition) is 1. The molecular weight excluding hydrogens is 269 g/mol. The van der Waals surface area contributed by atoms with E-state index < -0.39 is 17.6 Å². The van der Waals surface area contributed by atoms with E-state index in [4.69, 9.17) is 5.11 Å². The van der Waals surface area contributed by atoms with Gasteiger partial charge in [0.2, 0.25) is 0 Å². The normalized spacial score (nSPS) is 13.1. The molecule has 1 atom stereocenters. The number of benzene rings is 1. The highest BCUT2D eigenvalue weighted by molar-refractivity contribution is 7.99. The van der Waals surface area contributed by atoms with E-state index in [1.54, 1.807) is 6.92 Å². The van der Waals surface area contributed by atoms with E-state index >= 15 is 0 Å². The Morgan fingerprint density at radius 2 is 1.94 bits per heavy atom. The van der Waals surface area contributed by atoms with Gasteiger partial charge < -0.3 is 9.84 Å². The largest absolute Gasteiger partial charge is 0.573 e. The molecule has 0 bridgehead atoms. The summed E-state index contributed by atoms with van der Waals surface area (Å²) in [5.41, 5.74) is 0.739. The zero-order chi connectivity index (χ0) is 13.8. The average Bonchev–Trinajstić information content (AvgIpc) is 2.25. The zero-order valence-electron chi connectivity index (χ0n) is 9.40. The van der Waals surface area contributed by atoms with Crippen molar-refractivity contribution in [1.29, 1.82) is 0 Å². The van der Waals surface area contributed by atoms with Gasteiger partial charge in [0.1, 0.15) is 5.75 Å². The van der Waals surface area contributed by atoms with Crippen molar-refractivity contribution < 1.29 is 27.8 Å². The molecule has 1 N–H and O–H groups in total. The number of alkyl halides is 3. The van der Waals surface area contributed by atoms with Crippen molar-refractivity contribution in [3.8, 4) is 5.75 Å². The molecular formula is C11H11F3O3S. The minimum atomic E-state index is -4.70. The Labute approximate surface area is 106 Å². The SMILES string of the molecule is CC(SCc1ccc(OC(F)(F)F)cc1)C(=O)O. The van der Waals surface area contributed by atoms with Gasteiger partial charge in [-0.25, -0.2) is 0 Å². The first-order valence-corrected chi connectivity index (χ1v) is 6.02. The lowest BCUT2D eigenvalue weighted by molar-refractivity contribution is -0.274. The summed E-state index contributed by atoms with van der Waals surface area (Å²) in [6, 6.07) is 5.36. The molecule has 18 heavy (non-hydrogen) atoms. The highest BCUT2D eigenvalue weighted by atomic mass is 32.2. The Morgan fingerprint density at radius 1 is 1.39 bits per heavy atom. The lowest BCUT2D eigenvalue weighted by Gasteiger charge is -2.10. The molecule has 0 fully saturated rings. The van der Waals surface area contributed by atoms with Crippen LogP contribution in [-0.4, -0.2) is 22.7 Å². The Hall–Kier alpha value is -1.37. The van der Waals surface area contributed by atoms with E-state index in [-0.39, 0.29) is 5.75 Å². The van der Waals surface area contributed by atoms with Crippen LogP contribution in [0.2, 0.25) is 0 Å². The molecule has 1 aromatic carbocycles. The number of rotatable bonds is 5. The molecule has 0 aromatic heterocycles. The number of carboxylic acids is 1. The summed E-state index contributed by atoms with van der Waals surface area (Å²) >= 11 is 1.19. The number of hydrogen-bond acceptors (Lipinski definition) is 3. The maximum atomic E-state index is 11.9. The van der Waals surface area contributed by atoms with E-state index in [2.05, 4.69) is 4.74 Å². The fourth-order valence-electron chi connectivity index (χ4n) is 1.08. The van der Waals surface area contributed by atoms with E-state index in [0.717, 1.165) is 5.56 Å². The number of carbonyl (C=O) groups is 1. The van der Waals surface area contributed by atoms with Gasteiger partial charge >= 0.3 is 12.3 Å². The minimum absolute atomic E-state index is 0.289. The van der Waals surface area contributed by atoms with E-state index in [9.17, 15) is 18.0 Å². The summed E-state index contributed by atoms with van der Waals surface area (Å²) in [7, 11) is 0. The van der Waals surface area contributed by atoms with Crippen LogP contribution in [-0.2, 0) is 10.5 Å². The summed E-state index contributed by atoms with van der Waals surface area (Å²) in [5.74, 6) is -0.792. The van der Waals surface area contributed by atoms with Crippen molar-refractivity contribution in [1.82, 2.24) is 0 Å². The van der Waals surface area contributed by atoms with Gasteiger partial charge in [-0.15, -0.1) is 24.9 Å². The van der Waals surface area contributed by atoms with Crippen molar-refractivity contribution in [2.24, 2.45) is 0 Å². The van der Waals surface area contributed by atoms with Crippen LogP contribution in [0.15, 0.2) is 24.3 Å². The molecule has 1 aromatic rings. The van der Waals surface area contributed by atoms with Crippen LogP contribution in [0.25, 0.3) is 0 Å². The van der Waals surface area contributed by atoms with Crippen LogP contribution in [0, 0.1) is 0 Å². The van der Waals surface area contributed by atoms with Crippen molar-refractivity contribution in [3.63, 3.8) is 0 Å². The molecule has 3 nitrogen and oxygen atoms in total. The Balaban J connectivity index is 2.53. The summed E-state index contributed by atoms with van der Waals surface area (Å²) in [6.07, 6.45) is -4.70. The molecule has 0 aliphatic heterocycles. The van der Waals surface area contributed by atoms with Crippen LogP contribution in [0.3, 0.4) is 0 Å². The summed E-state index contributed by atoms with van der Waals surface area (Å²) in [4.78, 5) is 10.6. The fraction of sp³-hybridized carbons (Fsp3) is 0.364. The Bertz CT molecular complexity index is 403. The van der Waals surface area contributed by atoms with Gasteiger partial charge in [0.25, 0.3) is 0 Å². The van der Waals surface area contributed by atoms with Crippen LogP contribution in [0.5, 0.6) is 5.75 Å². The maximum Gasteiger partial charge on any atom is 0.573 e. The van der Waals surface area contributed by atoms with E-state index in [1.807, 2.05) is 0 Å². The van der Waals surface area contributed by atoms with E-state index in [0.29, 0.717) is 5.75 Å². The molecule has 0 heterocycles. The van der Waals surface area contributed by atoms with Crippen molar-refractivity contribution in [2.45, 2.75) is 24.3 Å². The third-order valence-electron chi connectivity index (χ3n) is 2.00. The van der Waals surface area contributed by atoms with Gasteiger partial charge in [0.15, 0.2) is 0 Å². The van der Waals surface area contributed by atoms with Crippen LogP contribution < -0.4 is 4.74 Å². The lowest BCUT2D eigenvalue weighted by Crippen LogP contribution is -2.17. The minimum Gasteiger partial charge on any atom is -0.480 e. The molecule has 0 aliphatic rings.